The predicted octanol–water partition coefficient (Wildman–Crippen LogP) is 1.75. The van der Waals surface area contributed by atoms with Gasteiger partial charge in [-0.1, -0.05) is 12.1 Å². The molecule has 0 radical (unpaired) electrons. The van der Waals surface area contributed by atoms with Gasteiger partial charge in [0.1, 0.15) is 10.5 Å². The first-order valence-corrected chi connectivity index (χ1v) is 7.96. The van der Waals surface area contributed by atoms with Crippen LogP contribution in [0.3, 0.4) is 0 Å². The summed E-state index contributed by atoms with van der Waals surface area (Å²) in [4.78, 5) is 8.07. The number of hydrogen-bond donors (Lipinski definition) is 1. The van der Waals surface area contributed by atoms with E-state index in [9.17, 15) is 0 Å². The fourth-order valence-electron chi connectivity index (χ4n) is 2.72. The maximum atomic E-state index is 8.55. The van der Waals surface area contributed by atoms with Crippen molar-refractivity contribution in [1.82, 2.24) is 9.80 Å². The quantitative estimate of drug-likeness (QED) is 0.869. The molecule has 0 saturated carbocycles. The van der Waals surface area contributed by atoms with Crippen LogP contribution in [0, 0.1) is 6.85 Å². The summed E-state index contributed by atoms with van der Waals surface area (Å²) in [5.41, 5.74) is 1.43. The predicted molar refractivity (Wildman–Crippen MR) is 92.0 cm³/mol. The minimum Gasteiger partial charge on any atom is -0.355 e. The van der Waals surface area contributed by atoms with Gasteiger partial charge in [-0.25, -0.2) is 4.99 Å². The van der Waals surface area contributed by atoms with Crippen molar-refractivity contribution in [2.75, 3.05) is 38.5 Å². The Hall–Kier alpha value is -1.85. The second kappa shape index (κ2) is 5.41. The highest BCUT2D eigenvalue weighted by Crippen LogP contribution is 2.27. The summed E-state index contributed by atoms with van der Waals surface area (Å²) in [6.45, 7) is -2.95. The van der Waals surface area contributed by atoms with Gasteiger partial charge in [0.25, 0.3) is 0 Å². The number of nitrogens with zero attached hydrogens (tertiary/aromatic N) is 3. The molecule has 5 heteroatoms. The normalized spacial score (nSPS) is 23.9. The van der Waals surface area contributed by atoms with Crippen LogP contribution in [-0.4, -0.2) is 43.0 Å². The average molecular weight is 319 g/mol. The Morgan fingerprint density at radius 3 is 2.95 bits per heavy atom. The zero-order valence-electron chi connectivity index (χ0n) is 18.9. The molecular formula is C17H20N4S. The van der Waals surface area contributed by atoms with Crippen LogP contribution >= 0.6 is 11.3 Å². The van der Waals surface area contributed by atoms with E-state index >= 15 is 0 Å². The molecule has 4 rings (SSSR count). The second-order valence-corrected chi connectivity index (χ2v) is 6.31. The van der Waals surface area contributed by atoms with Gasteiger partial charge in [0.2, 0.25) is 0 Å². The molecular weight excluding hydrogens is 292 g/mol. The average Bonchev–Trinajstić information content (AvgIpc) is 2.87. The van der Waals surface area contributed by atoms with E-state index < -0.39 is 13.8 Å². The standard InChI is InChI=1S/C17H20N4S/c1-12-11-13-16(21-9-7-20(2)8-10-21)18-14-5-3-4-6-15(14)19-17(13)22-12/h3-6,11,18H,7-10H2,1-2H3/i1D3,2D3,11D. The molecule has 1 saturated heterocycles. The van der Waals surface area contributed by atoms with Gasteiger partial charge in [-0.05, 0) is 32.0 Å². The van der Waals surface area contributed by atoms with Crippen molar-refractivity contribution in [3.05, 3.63) is 45.1 Å². The fraction of sp³-hybridized carbons (Fsp3) is 0.353. The van der Waals surface area contributed by atoms with Crippen molar-refractivity contribution in [3.63, 3.8) is 0 Å². The molecule has 1 N–H and O–H groups in total. The molecule has 114 valence electrons. The fourth-order valence-corrected chi connectivity index (χ4v) is 3.46. The summed E-state index contributed by atoms with van der Waals surface area (Å²) in [5.74, 6) is 0.607. The largest absolute Gasteiger partial charge is 0.355 e. The van der Waals surface area contributed by atoms with E-state index in [1.807, 2.05) is 29.2 Å². The number of nitrogens with one attached hydrogen (secondary N) is 1. The van der Waals surface area contributed by atoms with Crippen LogP contribution in [0.4, 0.5) is 11.4 Å². The molecule has 1 aromatic heterocycles. The molecule has 0 unspecified atom stereocenters. The maximum absolute atomic E-state index is 8.55. The van der Waals surface area contributed by atoms with Gasteiger partial charge in [-0.15, -0.1) is 11.3 Å². The first-order valence-electron chi connectivity index (χ1n) is 10.6. The lowest BCUT2D eigenvalue weighted by molar-refractivity contribution is 0.206. The summed E-state index contributed by atoms with van der Waals surface area (Å²) < 4.78 is 55.2. The lowest BCUT2D eigenvalue weighted by Crippen LogP contribution is -2.47. The first-order chi connectivity index (χ1) is 13.6. The third kappa shape index (κ3) is 2.40. The molecule has 2 aromatic rings. The third-order valence-electron chi connectivity index (χ3n) is 3.86. The van der Waals surface area contributed by atoms with Crippen LogP contribution < -0.4 is 15.2 Å². The SMILES string of the molecule is [2H]c1c(C([2H])([2H])[2H])sc2c1=C(N1CCN(C([2H])([2H])[2H])CC1)Nc1ccccc1N=2. The zero-order chi connectivity index (χ0) is 21.0. The van der Waals surface area contributed by atoms with Gasteiger partial charge < -0.3 is 15.1 Å². The molecule has 1 aromatic carbocycles. The summed E-state index contributed by atoms with van der Waals surface area (Å²) in [5, 5.41) is 3.80. The molecule has 1 fully saturated rings. The molecule has 0 aliphatic carbocycles. The topological polar surface area (TPSA) is 30.9 Å². The minimum absolute atomic E-state index is 0.00561. The molecule has 2 aliphatic heterocycles. The Labute approximate surface area is 144 Å². The van der Waals surface area contributed by atoms with Crippen LogP contribution in [0.5, 0.6) is 0 Å². The van der Waals surface area contributed by atoms with Crippen LogP contribution in [0.15, 0.2) is 35.3 Å². The monoisotopic (exact) mass is 319 g/mol. The molecule has 0 atom stereocenters. The lowest BCUT2D eigenvalue weighted by atomic mass is 10.2. The molecule has 3 heterocycles. The molecule has 0 amide bonds. The number of piperazine rings is 1. The number of benzene rings is 1. The van der Waals surface area contributed by atoms with Crippen molar-refractivity contribution in [2.24, 2.45) is 4.99 Å². The van der Waals surface area contributed by atoms with Crippen LogP contribution in [0.25, 0.3) is 5.82 Å². The highest BCUT2D eigenvalue weighted by atomic mass is 32.1. The number of aryl methyl sites for hydroxylation is 1. The van der Waals surface area contributed by atoms with Gasteiger partial charge in [0.15, 0.2) is 0 Å². The van der Waals surface area contributed by atoms with Crippen molar-refractivity contribution in [3.8, 4) is 0 Å². The molecule has 0 spiro atoms. The summed E-state index contributed by atoms with van der Waals surface area (Å²) in [6.07, 6.45) is 0. The number of rotatable bonds is 1. The van der Waals surface area contributed by atoms with E-state index in [0.29, 0.717) is 47.6 Å². The number of thiophene rings is 1. The Kier molecular flexibility index (Phi) is 2.00. The van der Waals surface area contributed by atoms with Gasteiger partial charge in [0.05, 0.1) is 18.0 Å². The first kappa shape index (κ1) is 8.13. The Morgan fingerprint density at radius 2 is 2.14 bits per heavy atom. The molecule has 2 aliphatic rings. The summed E-state index contributed by atoms with van der Waals surface area (Å²) >= 11 is 1.01. The summed E-state index contributed by atoms with van der Waals surface area (Å²) in [7, 11) is 0. The third-order valence-corrected chi connectivity index (χ3v) is 4.66. The zero-order valence-corrected chi connectivity index (χ0v) is 12.7. The molecule has 0 bridgehead atoms. The van der Waals surface area contributed by atoms with E-state index in [2.05, 4.69) is 10.3 Å². The van der Waals surface area contributed by atoms with Gasteiger partial charge in [0, 0.05) is 39.3 Å². The van der Waals surface area contributed by atoms with Gasteiger partial charge in [-0.2, -0.15) is 0 Å². The Morgan fingerprint density at radius 1 is 1.27 bits per heavy atom. The van der Waals surface area contributed by atoms with Gasteiger partial charge in [-0.3, -0.25) is 0 Å². The Bertz CT molecular complexity index is 1050. The van der Waals surface area contributed by atoms with E-state index in [4.69, 9.17) is 9.60 Å². The van der Waals surface area contributed by atoms with Crippen molar-refractivity contribution in [1.29, 1.82) is 0 Å². The van der Waals surface area contributed by atoms with E-state index in [-0.39, 0.29) is 10.9 Å². The molecule has 22 heavy (non-hydrogen) atoms. The van der Waals surface area contributed by atoms with Crippen molar-refractivity contribution >= 4 is 28.5 Å². The van der Waals surface area contributed by atoms with Gasteiger partial charge >= 0.3 is 0 Å². The van der Waals surface area contributed by atoms with E-state index in [0.717, 1.165) is 17.0 Å². The highest BCUT2D eigenvalue weighted by molar-refractivity contribution is 7.09. The summed E-state index contributed by atoms with van der Waals surface area (Å²) in [6, 6.07) is 7.38. The Balaban J connectivity index is 1.85. The maximum Gasteiger partial charge on any atom is 0.127 e. The second-order valence-electron chi connectivity index (χ2n) is 5.31. The number of anilines is 1. The molecule has 4 nitrogen and oxygen atoms in total. The minimum atomic E-state index is -2.39. The van der Waals surface area contributed by atoms with E-state index in [1.54, 1.807) is 0 Å². The number of para-hydroxylation sites is 2. The highest BCUT2D eigenvalue weighted by Gasteiger charge is 2.20. The van der Waals surface area contributed by atoms with Crippen LogP contribution in [0.2, 0.25) is 0 Å². The number of hydrogen-bond acceptors (Lipinski definition) is 5. The van der Waals surface area contributed by atoms with Crippen molar-refractivity contribution in [2.45, 2.75) is 6.85 Å². The van der Waals surface area contributed by atoms with Crippen LogP contribution in [-0.2, 0) is 0 Å². The van der Waals surface area contributed by atoms with Crippen molar-refractivity contribution < 1.29 is 9.60 Å². The lowest BCUT2D eigenvalue weighted by Gasteiger charge is -2.35. The van der Waals surface area contributed by atoms with Crippen LogP contribution in [0.1, 0.15) is 14.5 Å². The number of likely N-dealkylation sites (N-methyl/N-ethyl adjacent to an activating group) is 1. The van der Waals surface area contributed by atoms with E-state index in [1.165, 1.54) is 4.90 Å². The number of fused-ring (bicyclic) bond motifs is 2. The smallest absolute Gasteiger partial charge is 0.127 e.